The molecule has 2 aliphatic rings. The summed E-state index contributed by atoms with van der Waals surface area (Å²) in [5, 5.41) is 17.4. The minimum atomic E-state index is -1.12. The van der Waals surface area contributed by atoms with Gasteiger partial charge in [0.2, 0.25) is 6.10 Å². The molecule has 150 valence electrons. The number of nitro groups is 1. The lowest BCUT2D eigenvalue weighted by Gasteiger charge is -2.18. The summed E-state index contributed by atoms with van der Waals surface area (Å²) < 4.78 is 5.49. The number of carbonyl (C=O) groups excluding carboxylic acids is 2. The van der Waals surface area contributed by atoms with Crippen LogP contribution >= 0.6 is 0 Å². The Labute approximate surface area is 167 Å². The molecule has 2 aromatic carbocycles. The number of anilines is 1. The number of ether oxygens (including phenoxy) is 1. The Morgan fingerprint density at radius 3 is 2.34 bits per heavy atom. The summed E-state index contributed by atoms with van der Waals surface area (Å²) in [7, 11) is 0. The van der Waals surface area contributed by atoms with Crippen molar-refractivity contribution in [3.05, 3.63) is 69.8 Å². The van der Waals surface area contributed by atoms with E-state index in [0.717, 1.165) is 25.7 Å². The number of esters is 1. The molecule has 8 nitrogen and oxygen atoms in total. The highest BCUT2D eigenvalue weighted by Crippen LogP contribution is 2.32. The minimum Gasteiger partial charge on any atom is -0.444 e. The van der Waals surface area contributed by atoms with Gasteiger partial charge in [-0.05, 0) is 37.8 Å². The van der Waals surface area contributed by atoms with Crippen molar-refractivity contribution in [1.82, 2.24) is 5.32 Å². The van der Waals surface area contributed by atoms with E-state index >= 15 is 0 Å². The maximum atomic E-state index is 12.7. The van der Waals surface area contributed by atoms with E-state index in [1.165, 1.54) is 18.2 Å². The first-order valence-electron chi connectivity index (χ1n) is 9.62. The lowest BCUT2D eigenvalue weighted by atomic mass is 10.1. The van der Waals surface area contributed by atoms with Crippen LogP contribution in [-0.2, 0) is 9.53 Å². The third-order valence-electron chi connectivity index (χ3n) is 4.86. The molecule has 2 saturated carbocycles. The fraction of sp³-hybridized carbons (Fsp3) is 0.333. The van der Waals surface area contributed by atoms with Gasteiger partial charge in [0.1, 0.15) is 5.69 Å². The van der Waals surface area contributed by atoms with Gasteiger partial charge in [-0.2, -0.15) is 0 Å². The molecule has 0 spiro atoms. The molecule has 0 aliphatic heterocycles. The monoisotopic (exact) mass is 395 g/mol. The fourth-order valence-electron chi connectivity index (χ4n) is 2.96. The van der Waals surface area contributed by atoms with E-state index in [0.29, 0.717) is 11.3 Å². The lowest BCUT2D eigenvalue weighted by molar-refractivity contribution is -0.384. The Balaban J connectivity index is 1.55. The van der Waals surface area contributed by atoms with Gasteiger partial charge in [-0.3, -0.25) is 14.9 Å². The Morgan fingerprint density at radius 2 is 1.72 bits per heavy atom. The van der Waals surface area contributed by atoms with Crippen molar-refractivity contribution in [2.75, 3.05) is 5.32 Å². The van der Waals surface area contributed by atoms with Gasteiger partial charge < -0.3 is 15.4 Å². The Morgan fingerprint density at radius 1 is 1.03 bits per heavy atom. The second-order valence-corrected chi connectivity index (χ2v) is 7.39. The maximum absolute atomic E-state index is 12.7. The molecule has 29 heavy (non-hydrogen) atoms. The molecule has 0 bridgehead atoms. The average Bonchev–Trinajstić information content (AvgIpc) is 3.64. The van der Waals surface area contributed by atoms with Gasteiger partial charge >= 0.3 is 5.97 Å². The van der Waals surface area contributed by atoms with Crippen LogP contribution < -0.4 is 10.6 Å². The van der Waals surface area contributed by atoms with Gasteiger partial charge in [0.25, 0.3) is 11.6 Å². The summed E-state index contributed by atoms with van der Waals surface area (Å²) in [6, 6.07) is 13.2. The highest BCUT2D eigenvalue weighted by molar-refractivity contribution is 5.94. The van der Waals surface area contributed by atoms with Crippen LogP contribution in [0, 0.1) is 10.1 Å². The highest BCUT2D eigenvalue weighted by atomic mass is 16.6. The van der Waals surface area contributed by atoms with E-state index in [1.54, 1.807) is 30.3 Å². The maximum Gasteiger partial charge on any atom is 0.339 e. The van der Waals surface area contributed by atoms with Crippen molar-refractivity contribution in [1.29, 1.82) is 0 Å². The van der Waals surface area contributed by atoms with Crippen molar-refractivity contribution >= 4 is 23.3 Å². The number of amides is 1. The zero-order chi connectivity index (χ0) is 20.4. The second kappa shape index (κ2) is 7.90. The summed E-state index contributed by atoms with van der Waals surface area (Å²) in [6.07, 6.45) is 2.63. The molecule has 0 radical (unpaired) electrons. The van der Waals surface area contributed by atoms with Crippen molar-refractivity contribution in [2.24, 2.45) is 0 Å². The minimum absolute atomic E-state index is 0.0261. The van der Waals surface area contributed by atoms with Gasteiger partial charge in [0.05, 0.1) is 10.5 Å². The number of nitrogens with one attached hydrogen (secondary N) is 2. The lowest BCUT2D eigenvalue weighted by Crippen LogP contribution is -2.33. The third kappa shape index (κ3) is 4.71. The van der Waals surface area contributed by atoms with Crippen molar-refractivity contribution in [3.63, 3.8) is 0 Å². The number of benzene rings is 2. The van der Waals surface area contributed by atoms with Gasteiger partial charge in [-0.15, -0.1) is 0 Å². The summed E-state index contributed by atoms with van der Waals surface area (Å²) >= 11 is 0. The predicted octanol–water partition coefficient (Wildman–Crippen LogP) is 3.35. The molecule has 2 N–H and O–H groups in total. The molecular formula is C21H21N3O5. The molecule has 1 amide bonds. The molecule has 0 unspecified atom stereocenters. The molecular weight excluding hydrogens is 374 g/mol. The number of nitro benzene ring substituents is 1. The van der Waals surface area contributed by atoms with Crippen LogP contribution in [0.3, 0.4) is 0 Å². The molecule has 2 aromatic rings. The molecule has 4 rings (SSSR count). The molecule has 8 heteroatoms. The third-order valence-corrected chi connectivity index (χ3v) is 4.86. The van der Waals surface area contributed by atoms with E-state index in [1.807, 2.05) is 0 Å². The van der Waals surface area contributed by atoms with E-state index < -0.39 is 22.9 Å². The number of hydrogen-bond donors (Lipinski definition) is 2. The van der Waals surface area contributed by atoms with Crippen molar-refractivity contribution in [3.8, 4) is 0 Å². The Bertz CT molecular complexity index is 939. The van der Waals surface area contributed by atoms with Crippen LogP contribution in [0.2, 0.25) is 0 Å². The molecule has 2 fully saturated rings. The normalized spacial score (nSPS) is 16.6. The van der Waals surface area contributed by atoms with Crippen LogP contribution in [0.4, 0.5) is 11.4 Å². The highest BCUT2D eigenvalue weighted by Gasteiger charge is 2.32. The summed E-state index contributed by atoms with van der Waals surface area (Å²) in [5.41, 5.74) is 0.754. The van der Waals surface area contributed by atoms with Gasteiger partial charge in [0, 0.05) is 23.7 Å². The summed E-state index contributed by atoms with van der Waals surface area (Å²) in [5.74, 6) is -1.18. The Hall–Kier alpha value is -3.42. The van der Waals surface area contributed by atoms with Crippen molar-refractivity contribution < 1.29 is 19.2 Å². The van der Waals surface area contributed by atoms with Gasteiger partial charge in [0.15, 0.2) is 0 Å². The SMILES string of the molecule is O=C(O[C@H](C(=O)NC1CC1)c1ccccc1)c1ccc(NC2CC2)c([N+](=O)[O-])c1. The summed E-state index contributed by atoms with van der Waals surface area (Å²) in [6.45, 7) is 0. The molecule has 0 saturated heterocycles. The van der Waals surface area contributed by atoms with Gasteiger partial charge in [-0.25, -0.2) is 4.79 Å². The summed E-state index contributed by atoms with van der Waals surface area (Å²) in [4.78, 5) is 36.2. The smallest absolute Gasteiger partial charge is 0.339 e. The molecule has 0 aromatic heterocycles. The standard InChI is InChI=1S/C21H21N3O5/c25-20(23-16-9-10-16)19(13-4-2-1-3-5-13)29-21(26)14-6-11-17(22-15-7-8-15)18(12-14)24(27)28/h1-6,11-12,15-16,19,22H,7-10H2,(H,23,25)/t19-/m0/s1. The first kappa shape index (κ1) is 18.9. The number of rotatable bonds is 8. The van der Waals surface area contributed by atoms with Crippen LogP contribution in [0.1, 0.15) is 47.7 Å². The predicted molar refractivity (Wildman–Crippen MR) is 106 cm³/mol. The van der Waals surface area contributed by atoms with Crippen LogP contribution in [-0.4, -0.2) is 28.9 Å². The van der Waals surface area contributed by atoms with E-state index in [2.05, 4.69) is 10.6 Å². The van der Waals surface area contributed by atoms with Gasteiger partial charge in [-0.1, -0.05) is 30.3 Å². The number of carbonyl (C=O) groups is 2. The fourth-order valence-corrected chi connectivity index (χ4v) is 2.96. The zero-order valence-electron chi connectivity index (χ0n) is 15.7. The van der Waals surface area contributed by atoms with Crippen LogP contribution in [0.25, 0.3) is 0 Å². The average molecular weight is 395 g/mol. The molecule has 2 aliphatic carbocycles. The Kier molecular flexibility index (Phi) is 5.16. The topological polar surface area (TPSA) is 111 Å². The van der Waals surface area contributed by atoms with E-state index in [4.69, 9.17) is 4.74 Å². The second-order valence-electron chi connectivity index (χ2n) is 7.39. The van der Waals surface area contributed by atoms with Crippen molar-refractivity contribution in [2.45, 2.75) is 43.9 Å². The molecule has 0 heterocycles. The first-order chi connectivity index (χ1) is 14.0. The number of nitrogens with zero attached hydrogens (tertiary/aromatic N) is 1. The number of hydrogen-bond acceptors (Lipinski definition) is 6. The van der Waals surface area contributed by atoms with E-state index in [9.17, 15) is 19.7 Å². The largest absolute Gasteiger partial charge is 0.444 e. The zero-order valence-corrected chi connectivity index (χ0v) is 15.7. The van der Waals surface area contributed by atoms with Crippen LogP contribution in [0.5, 0.6) is 0 Å². The molecule has 1 atom stereocenters. The van der Waals surface area contributed by atoms with E-state index in [-0.39, 0.29) is 23.3 Å². The quantitative estimate of drug-likeness (QED) is 0.403. The first-order valence-corrected chi connectivity index (χ1v) is 9.62. The van der Waals surface area contributed by atoms with Crippen LogP contribution in [0.15, 0.2) is 48.5 Å².